The largest absolute Gasteiger partial charge is 0.458 e. The van der Waals surface area contributed by atoms with E-state index in [0.29, 0.717) is 5.56 Å². The molecule has 1 aromatic carbocycles. The molecular formula is C19H22N2O2. The summed E-state index contributed by atoms with van der Waals surface area (Å²) in [6, 6.07) is 9.93. The van der Waals surface area contributed by atoms with Crippen LogP contribution in [-0.2, 0) is 4.74 Å². The highest BCUT2D eigenvalue weighted by Crippen LogP contribution is 2.27. The lowest BCUT2D eigenvalue weighted by molar-refractivity contribution is 0.0550. The fourth-order valence-corrected chi connectivity index (χ4v) is 2.98. The summed E-state index contributed by atoms with van der Waals surface area (Å²) in [6.45, 7) is 5.81. The lowest BCUT2D eigenvalue weighted by Gasteiger charge is -2.30. The molecule has 0 aliphatic carbocycles. The lowest BCUT2D eigenvalue weighted by atomic mass is 10.1. The number of carbonyl (C=O) groups excluding carboxylic acids is 1. The van der Waals surface area contributed by atoms with Crippen molar-refractivity contribution >= 4 is 11.7 Å². The smallest absolute Gasteiger partial charge is 0.340 e. The van der Waals surface area contributed by atoms with Gasteiger partial charge in [0.25, 0.3) is 0 Å². The third kappa shape index (κ3) is 3.47. The van der Waals surface area contributed by atoms with E-state index in [1.54, 1.807) is 6.08 Å². The molecule has 120 valence electrons. The van der Waals surface area contributed by atoms with Crippen molar-refractivity contribution in [1.82, 2.24) is 4.57 Å². The molecule has 0 amide bonds. The van der Waals surface area contributed by atoms with Gasteiger partial charge in [-0.2, -0.15) is 0 Å². The highest BCUT2D eigenvalue weighted by Gasteiger charge is 2.20. The van der Waals surface area contributed by atoms with E-state index in [2.05, 4.69) is 11.5 Å². The maximum atomic E-state index is 12.5. The topological polar surface area (TPSA) is 34.5 Å². The van der Waals surface area contributed by atoms with Crippen molar-refractivity contribution in [2.75, 3.05) is 24.6 Å². The number of carbonyl (C=O) groups is 1. The molecule has 0 saturated carbocycles. The average molecular weight is 310 g/mol. The SMILES string of the molecule is C=CCOC(=O)c1cc(-n2cccc2)ccc1N1CCCCC1. The number of hydrogen-bond acceptors (Lipinski definition) is 3. The molecule has 2 heterocycles. The molecule has 0 bridgehead atoms. The number of benzene rings is 1. The number of piperidine rings is 1. The van der Waals surface area contributed by atoms with Crippen molar-refractivity contribution < 1.29 is 9.53 Å². The summed E-state index contributed by atoms with van der Waals surface area (Å²) >= 11 is 0. The Bertz CT molecular complexity index is 671. The van der Waals surface area contributed by atoms with Crippen molar-refractivity contribution in [3.63, 3.8) is 0 Å². The molecule has 4 nitrogen and oxygen atoms in total. The van der Waals surface area contributed by atoms with Crippen LogP contribution in [0.2, 0.25) is 0 Å². The normalized spacial score (nSPS) is 14.5. The van der Waals surface area contributed by atoms with Crippen LogP contribution in [0.4, 0.5) is 5.69 Å². The first-order valence-corrected chi connectivity index (χ1v) is 8.10. The zero-order valence-electron chi connectivity index (χ0n) is 13.3. The number of nitrogens with zero attached hydrogens (tertiary/aromatic N) is 2. The first-order chi connectivity index (χ1) is 11.3. The van der Waals surface area contributed by atoms with E-state index in [-0.39, 0.29) is 12.6 Å². The molecule has 1 aromatic heterocycles. The van der Waals surface area contributed by atoms with Crippen LogP contribution in [0.15, 0.2) is 55.4 Å². The van der Waals surface area contributed by atoms with Crippen LogP contribution < -0.4 is 4.90 Å². The molecule has 1 aliphatic heterocycles. The molecule has 0 spiro atoms. The molecule has 4 heteroatoms. The molecule has 2 aromatic rings. The number of ether oxygens (including phenoxy) is 1. The van der Waals surface area contributed by atoms with E-state index in [1.807, 2.05) is 47.3 Å². The lowest BCUT2D eigenvalue weighted by Crippen LogP contribution is -2.31. The zero-order valence-corrected chi connectivity index (χ0v) is 13.3. The minimum Gasteiger partial charge on any atom is -0.458 e. The van der Waals surface area contributed by atoms with Gasteiger partial charge in [-0.25, -0.2) is 4.79 Å². The average Bonchev–Trinajstić information content (AvgIpc) is 3.14. The van der Waals surface area contributed by atoms with Gasteiger partial charge in [-0.3, -0.25) is 0 Å². The third-order valence-corrected chi connectivity index (χ3v) is 4.13. The summed E-state index contributed by atoms with van der Waals surface area (Å²) in [5.41, 5.74) is 2.55. The fraction of sp³-hybridized carbons (Fsp3) is 0.316. The quantitative estimate of drug-likeness (QED) is 0.622. The Morgan fingerprint density at radius 3 is 2.61 bits per heavy atom. The summed E-state index contributed by atoms with van der Waals surface area (Å²) < 4.78 is 7.28. The maximum Gasteiger partial charge on any atom is 0.340 e. The molecule has 1 fully saturated rings. The highest BCUT2D eigenvalue weighted by molar-refractivity contribution is 5.96. The molecule has 0 N–H and O–H groups in total. The van der Waals surface area contributed by atoms with E-state index >= 15 is 0 Å². The van der Waals surface area contributed by atoms with Crippen LogP contribution in [0, 0.1) is 0 Å². The van der Waals surface area contributed by atoms with Crippen LogP contribution in [0.25, 0.3) is 5.69 Å². The van der Waals surface area contributed by atoms with E-state index in [0.717, 1.165) is 24.5 Å². The van der Waals surface area contributed by atoms with Gasteiger partial charge in [-0.15, -0.1) is 0 Å². The maximum absolute atomic E-state index is 12.5. The van der Waals surface area contributed by atoms with Crippen LogP contribution in [0.5, 0.6) is 0 Å². The second kappa shape index (κ2) is 7.18. The van der Waals surface area contributed by atoms with Crippen LogP contribution in [0.3, 0.4) is 0 Å². The van der Waals surface area contributed by atoms with Gasteiger partial charge in [0.1, 0.15) is 6.61 Å². The van der Waals surface area contributed by atoms with Gasteiger partial charge >= 0.3 is 5.97 Å². The summed E-state index contributed by atoms with van der Waals surface area (Å²) in [7, 11) is 0. The first kappa shape index (κ1) is 15.4. The Morgan fingerprint density at radius 1 is 1.17 bits per heavy atom. The highest BCUT2D eigenvalue weighted by atomic mass is 16.5. The fourth-order valence-electron chi connectivity index (χ4n) is 2.98. The van der Waals surface area contributed by atoms with Gasteiger partial charge in [0.15, 0.2) is 0 Å². The molecule has 0 radical (unpaired) electrons. The van der Waals surface area contributed by atoms with E-state index in [4.69, 9.17) is 4.74 Å². The molecule has 1 saturated heterocycles. The van der Waals surface area contributed by atoms with Crippen molar-refractivity contribution in [2.24, 2.45) is 0 Å². The third-order valence-electron chi connectivity index (χ3n) is 4.13. The summed E-state index contributed by atoms with van der Waals surface area (Å²) in [6.07, 6.45) is 9.12. The van der Waals surface area contributed by atoms with Gasteiger partial charge in [0, 0.05) is 31.2 Å². The van der Waals surface area contributed by atoms with Crippen LogP contribution >= 0.6 is 0 Å². The van der Waals surface area contributed by atoms with Gasteiger partial charge in [-0.05, 0) is 49.6 Å². The second-order valence-electron chi connectivity index (χ2n) is 5.73. The molecule has 1 aliphatic rings. The van der Waals surface area contributed by atoms with Crippen molar-refractivity contribution in [3.05, 3.63) is 60.9 Å². The van der Waals surface area contributed by atoms with Gasteiger partial charge < -0.3 is 14.2 Å². The van der Waals surface area contributed by atoms with Crippen molar-refractivity contribution in [1.29, 1.82) is 0 Å². The minimum atomic E-state index is -0.292. The molecule has 0 unspecified atom stereocenters. The Balaban J connectivity index is 1.96. The minimum absolute atomic E-state index is 0.228. The first-order valence-electron chi connectivity index (χ1n) is 8.10. The van der Waals surface area contributed by atoms with Crippen LogP contribution in [-0.4, -0.2) is 30.2 Å². The van der Waals surface area contributed by atoms with E-state index in [9.17, 15) is 4.79 Å². The Kier molecular flexibility index (Phi) is 4.81. The van der Waals surface area contributed by atoms with Gasteiger partial charge in [0.05, 0.1) is 11.3 Å². The number of esters is 1. The van der Waals surface area contributed by atoms with E-state index in [1.165, 1.54) is 19.3 Å². The molecule has 23 heavy (non-hydrogen) atoms. The number of anilines is 1. The molecule has 3 rings (SSSR count). The summed E-state index contributed by atoms with van der Waals surface area (Å²) in [5.74, 6) is -0.292. The Morgan fingerprint density at radius 2 is 1.91 bits per heavy atom. The Labute approximate surface area is 137 Å². The number of hydrogen-bond donors (Lipinski definition) is 0. The monoisotopic (exact) mass is 310 g/mol. The number of rotatable bonds is 5. The standard InChI is InChI=1S/C19H22N2O2/c1-2-14-23-19(22)17-15-16(20-10-6-7-11-20)8-9-18(17)21-12-4-3-5-13-21/h2,6-11,15H,1,3-5,12-14H2. The Hall–Kier alpha value is -2.49. The van der Waals surface area contributed by atoms with E-state index < -0.39 is 0 Å². The molecular weight excluding hydrogens is 288 g/mol. The predicted octanol–water partition coefficient (Wildman–Crippen LogP) is 3.81. The predicted molar refractivity (Wildman–Crippen MR) is 92.3 cm³/mol. The van der Waals surface area contributed by atoms with Gasteiger partial charge in [-0.1, -0.05) is 12.7 Å². The molecule has 0 atom stereocenters. The van der Waals surface area contributed by atoms with Crippen LogP contribution in [0.1, 0.15) is 29.6 Å². The van der Waals surface area contributed by atoms with Crippen molar-refractivity contribution in [2.45, 2.75) is 19.3 Å². The summed E-state index contributed by atoms with van der Waals surface area (Å²) in [5, 5.41) is 0. The number of aromatic nitrogens is 1. The second-order valence-corrected chi connectivity index (χ2v) is 5.73. The van der Waals surface area contributed by atoms with Gasteiger partial charge in [0.2, 0.25) is 0 Å². The van der Waals surface area contributed by atoms with Crippen molar-refractivity contribution in [3.8, 4) is 5.69 Å². The zero-order chi connectivity index (χ0) is 16.1. The summed E-state index contributed by atoms with van der Waals surface area (Å²) in [4.78, 5) is 14.8.